The molecule has 0 saturated heterocycles. The Morgan fingerprint density at radius 2 is 1.88 bits per heavy atom. The van der Waals surface area contributed by atoms with Crippen LogP contribution >= 0.6 is 0 Å². The Morgan fingerprint density at radius 1 is 1.24 bits per heavy atom. The maximum atomic E-state index is 11.5. The van der Waals surface area contributed by atoms with E-state index in [1.54, 1.807) is 24.3 Å². The minimum Gasteiger partial charge on any atom is -0.468 e. The number of benzene rings is 1. The molecule has 0 aromatic heterocycles. The largest absolute Gasteiger partial charge is 0.468 e. The molecular formula is C12H15NO4. The zero-order chi connectivity index (χ0) is 12.8. The summed E-state index contributed by atoms with van der Waals surface area (Å²) in [5, 5.41) is 0. The van der Waals surface area contributed by atoms with Crippen LogP contribution < -0.4 is 5.73 Å². The highest BCUT2D eigenvalue weighted by atomic mass is 16.5. The molecule has 5 heteroatoms. The van der Waals surface area contributed by atoms with Crippen LogP contribution in [0.1, 0.15) is 15.9 Å². The molecule has 92 valence electrons. The van der Waals surface area contributed by atoms with Crippen molar-refractivity contribution in [3.05, 3.63) is 35.4 Å². The number of carbonyl (C=O) groups excluding carboxylic acids is 2. The van der Waals surface area contributed by atoms with Gasteiger partial charge in [0.1, 0.15) is 6.04 Å². The Kier molecular flexibility index (Phi) is 4.66. The summed E-state index contributed by atoms with van der Waals surface area (Å²) in [7, 11) is 2.58. The highest BCUT2D eigenvalue weighted by molar-refractivity contribution is 5.91. The first-order valence-electron chi connectivity index (χ1n) is 5.09. The van der Waals surface area contributed by atoms with Crippen molar-refractivity contribution in [3.8, 4) is 0 Å². The third-order valence-corrected chi connectivity index (χ3v) is 2.37. The van der Waals surface area contributed by atoms with Gasteiger partial charge in [0.25, 0.3) is 0 Å². The maximum Gasteiger partial charge on any atom is 0.338 e. The SMILES string of the molecule is COC(=O)c1ccccc1CC(N)C(=O)OC. The summed E-state index contributed by atoms with van der Waals surface area (Å²) in [5.74, 6) is -0.956. The van der Waals surface area contributed by atoms with Crippen molar-refractivity contribution >= 4 is 11.9 Å². The monoisotopic (exact) mass is 237 g/mol. The maximum absolute atomic E-state index is 11.5. The number of hydrogen-bond donors (Lipinski definition) is 1. The molecular weight excluding hydrogens is 222 g/mol. The van der Waals surface area contributed by atoms with Gasteiger partial charge in [0, 0.05) is 0 Å². The number of rotatable bonds is 4. The van der Waals surface area contributed by atoms with Crippen LogP contribution in [-0.2, 0) is 20.7 Å². The van der Waals surface area contributed by atoms with E-state index in [0.29, 0.717) is 11.1 Å². The van der Waals surface area contributed by atoms with Crippen LogP contribution in [0.15, 0.2) is 24.3 Å². The van der Waals surface area contributed by atoms with Crippen molar-refractivity contribution in [1.29, 1.82) is 0 Å². The third kappa shape index (κ3) is 3.29. The van der Waals surface area contributed by atoms with Crippen LogP contribution in [0.3, 0.4) is 0 Å². The van der Waals surface area contributed by atoms with Crippen molar-refractivity contribution in [2.75, 3.05) is 14.2 Å². The quantitative estimate of drug-likeness (QED) is 0.772. The van der Waals surface area contributed by atoms with Gasteiger partial charge in [-0.15, -0.1) is 0 Å². The first-order valence-corrected chi connectivity index (χ1v) is 5.09. The summed E-state index contributed by atoms with van der Waals surface area (Å²) in [5.41, 5.74) is 6.72. The normalized spacial score (nSPS) is 11.7. The first kappa shape index (κ1) is 13.2. The molecule has 2 N–H and O–H groups in total. The standard InChI is InChI=1S/C12H15NO4/c1-16-11(14)9-6-4-3-5-8(9)7-10(13)12(15)17-2/h3-6,10H,7,13H2,1-2H3. The average molecular weight is 237 g/mol. The number of ether oxygens (including phenoxy) is 2. The minimum absolute atomic E-state index is 0.234. The van der Waals surface area contributed by atoms with E-state index >= 15 is 0 Å². The zero-order valence-electron chi connectivity index (χ0n) is 9.80. The van der Waals surface area contributed by atoms with Crippen LogP contribution in [0.4, 0.5) is 0 Å². The Hall–Kier alpha value is -1.88. The number of nitrogens with two attached hydrogens (primary N) is 1. The number of carbonyl (C=O) groups is 2. The van der Waals surface area contributed by atoms with Crippen molar-refractivity contribution in [2.24, 2.45) is 5.73 Å². The number of hydrogen-bond acceptors (Lipinski definition) is 5. The molecule has 5 nitrogen and oxygen atoms in total. The summed E-state index contributed by atoms with van der Waals surface area (Å²) in [6, 6.07) is 6.07. The lowest BCUT2D eigenvalue weighted by atomic mass is 10.0. The first-order chi connectivity index (χ1) is 8.10. The molecule has 17 heavy (non-hydrogen) atoms. The van der Waals surface area contributed by atoms with E-state index in [2.05, 4.69) is 9.47 Å². The molecule has 0 bridgehead atoms. The summed E-state index contributed by atoms with van der Waals surface area (Å²) in [4.78, 5) is 22.7. The summed E-state index contributed by atoms with van der Waals surface area (Å²) in [6.45, 7) is 0. The molecule has 0 amide bonds. The van der Waals surface area contributed by atoms with Crippen LogP contribution in [0, 0.1) is 0 Å². The van der Waals surface area contributed by atoms with E-state index in [0.717, 1.165) is 0 Å². The third-order valence-electron chi connectivity index (χ3n) is 2.37. The lowest BCUT2D eigenvalue weighted by Crippen LogP contribution is -2.34. The summed E-state index contributed by atoms with van der Waals surface area (Å²) in [6.07, 6.45) is 0.234. The molecule has 0 saturated carbocycles. The van der Waals surface area contributed by atoms with Gasteiger partial charge in [0.15, 0.2) is 0 Å². The lowest BCUT2D eigenvalue weighted by molar-refractivity contribution is -0.142. The highest BCUT2D eigenvalue weighted by Crippen LogP contribution is 2.12. The predicted molar refractivity (Wildman–Crippen MR) is 61.5 cm³/mol. The zero-order valence-corrected chi connectivity index (χ0v) is 9.80. The van der Waals surface area contributed by atoms with Gasteiger partial charge in [-0.3, -0.25) is 4.79 Å². The second kappa shape index (κ2) is 6.00. The smallest absolute Gasteiger partial charge is 0.338 e. The Bertz CT molecular complexity index is 417. The van der Waals surface area contributed by atoms with Crippen LogP contribution in [0.5, 0.6) is 0 Å². The van der Waals surface area contributed by atoms with Gasteiger partial charge in [-0.05, 0) is 18.1 Å². The number of esters is 2. The molecule has 0 aliphatic carbocycles. The van der Waals surface area contributed by atoms with E-state index in [-0.39, 0.29) is 6.42 Å². The van der Waals surface area contributed by atoms with Crippen LogP contribution in [-0.4, -0.2) is 32.2 Å². The molecule has 0 fully saturated rings. The molecule has 1 unspecified atom stereocenters. The molecule has 0 aliphatic heterocycles. The molecule has 0 aliphatic rings. The van der Waals surface area contributed by atoms with Gasteiger partial charge in [-0.2, -0.15) is 0 Å². The van der Waals surface area contributed by atoms with Gasteiger partial charge in [0.05, 0.1) is 19.8 Å². The summed E-state index contributed by atoms with van der Waals surface area (Å²) < 4.78 is 9.18. The minimum atomic E-state index is -0.786. The van der Waals surface area contributed by atoms with E-state index in [1.807, 2.05) is 0 Å². The Morgan fingerprint density at radius 3 is 2.47 bits per heavy atom. The van der Waals surface area contributed by atoms with Crippen LogP contribution in [0.2, 0.25) is 0 Å². The molecule has 1 atom stereocenters. The van der Waals surface area contributed by atoms with E-state index in [1.165, 1.54) is 14.2 Å². The van der Waals surface area contributed by atoms with Gasteiger partial charge >= 0.3 is 11.9 Å². The molecule has 0 heterocycles. The fourth-order valence-corrected chi connectivity index (χ4v) is 1.48. The fraction of sp³-hybridized carbons (Fsp3) is 0.333. The highest BCUT2D eigenvalue weighted by Gasteiger charge is 2.18. The number of methoxy groups -OCH3 is 2. The Labute approximate surface area is 99.5 Å². The summed E-state index contributed by atoms with van der Waals surface area (Å²) >= 11 is 0. The van der Waals surface area contributed by atoms with Crippen molar-refractivity contribution in [2.45, 2.75) is 12.5 Å². The second-order valence-corrected chi connectivity index (χ2v) is 3.48. The molecule has 1 rings (SSSR count). The molecule has 0 radical (unpaired) electrons. The second-order valence-electron chi connectivity index (χ2n) is 3.48. The Balaban J connectivity index is 2.91. The van der Waals surface area contributed by atoms with Gasteiger partial charge in [-0.1, -0.05) is 18.2 Å². The van der Waals surface area contributed by atoms with Gasteiger partial charge in [0.2, 0.25) is 0 Å². The van der Waals surface area contributed by atoms with E-state index in [9.17, 15) is 9.59 Å². The van der Waals surface area contributed by atoms with Crippen molar-refractivity contribution < 1.29 is 19.1 Å². The topological polar surface area (TPSA) is 78.6 Å². The van der Waals surface area contributed by atoms with Gasteiger partial charge in [-0.25, -0.2) is 4.79 Å². The predicted octanol–water partition coefficient (Wildman–Crippen LogP) is 0.516. The molecule has 1 aromatic carbocycles. The molecule has 1 aromatic rings. The van der Waals surface area contributed by atoms with Crippen molar-refractivity contribution in [3.63, 3.8) is 0 Å². The van der Waals surface area contributed by atoms with Crippen molar-refractivity contribution in [1.82, 2.24) is 0 Å². The fourth-order valence-electron chi connectivity index (χ4n) is 1.48. The average Bonchev–Trinajstić information content (AvgIpc) is 2.37. The van der Waals surface area contributed by atoms with Crippen LogP contribution in [0.25, 0.3) is 0 Å². The van der Waals surface area contributed by atoms with E-state index < -0.39 is 18.0 Å². The van der Waals surface area contributed by atoms with Gasteiger partial charge < -0.3 is 15.2 Å². The lowest BCUT2D eigenvalue weighted by Gasteiger charge is -2.11. The van der Waals surface area contributed by atoms with E-state index in [4.69, 9.17) is 5.73 Å². The molecule has 0 spiro atoms.